The summed E-state index contributed by atoms with van der Waals surface area (Å²) in [5, 5.41) is 15.0. The predicted octanol–water partition coefficient (Wildman–Crippen LogP) is 3.92. The van der Waals surface area contributed by atoms with Crippen molar-refractivity contribution >= 4 is 18.0 Å². The summed E-state index contributed by atoms with van der Waals surface area (Å²) in [6.45, 7) is 2.20. The van der Waals surface area contributed by atoms with E-state index in [0.29, 0.717) is 12.8 Å². The number of ether oxygens (including phenoxy) is 1. The summed E-state index contributed by atoms with van der Waals surface area (Å²) in [5.74, 6) is -1.32. The smallest absolute Gasteiger partial charge is 0.407 e. The van der Waals surface area contributed by atoms with Gasteiger partial charge in [-0.25, -0.2) is 4.79 Å². The van der Waals surface area contributed by atoms with Gasteiger partial charge in [0.2, 0.25) is 5.91 Å². The number of rotatable bonds is 8. The van der Waals surface area contributed by atoms with Crippen LogP contribution < -0.4 is 10.6 Å². The van der Waals surface area contributed by atoms with E-state index in [4.69, 9.17) is 4.74 Å². The molecule has 3 N–H and O–H groups in total. The van der Waals surface area contributed by atoms with Crippen LogP contribution in [0.1, 0.15) is 49.7 Å². The molecule has 7 heteroatoms. The molecule has 0 aromatic heterocycles. The van der Waals surface area contributed by atoms with Crippen LogP contribution in [0, 0.1) is 17.3 Å². The van der Waals surface area contributed by atoms with Crippen molar-refractivity contribution in [1.29, 1.82) is 0 Å². The fourth-order valence-electron chi connectivity index (χ4n) is 5.89. The summed E-state index contributed by atoms with van der Waals surface area (Å²) in [4.78, 5) is 36.6. The number of carbonyl (C=O) groups excluding carboxylic acids is 2. The molecule has 0 spiro atoms. The Morgan fingerprint density at radius 3 is 2.32 bits per heavy atom. The van der Waals surface area contributed by atoms with Crippen molar-refractivity contribution in [3.05, 3.63) is 59.7 Å². The zero-order valence-corrected chi connectivity index (χ0v) is 19.3. The quantitative estimate of drug-likeness (QED) is 0.552. The van der Waals surface area contributed by atoms with Gasteiger partial charge in [-0.2, -0.15) is 0 Å². The Morgan fingerprint density at radius 1 is 1.06 bits per heavy atom. The summed E-state index contributed by atoms with van der Waals surface area (Å²) in [6.07, 6.45) is 2.12. The fourth-order valence-corrected chi connectivity index (χ4v) is 5.89. The molecule has 0 radical (unpaired) electrons. The first kappa shape index (κ1) is 22.4. The van der Waals surface area contributed by atoms with Crippen LogP contribution in [0.5, 0.6) is 0 Å². The average molecular weight is 463 g/mol. The highest BCUT2D eigenvalue weighted by atomic mass is 16.5. The maximum atomic E-state index is 12.8. The van der Waals surface area contributed by atoms with Crippen molar-refractivity contribution in [2.75, 3.05) is 13.2 Å². The van der Waals surface area contributed by atoms with Crippen LogP contribution in [0.25, 0.3) is 11.1 Å². The van der Waals surface area contributed by atoms with Crippen LogP contribution in [0.15, 0.2) is 48.5 Å². The molecule has 7 nitrogen and oxygen atoms in total. The van der Waals surface area contributed by atoms with E-state index in [1.807, 2.05) is 24.3 Å². The molecule has 2 fully saturated rings. The van der Waals surface area contributed by atoms with E-state index in [1.54, 1.807) is 6.92 Å². The molecule has 0 aliphatic heterocycles. The molecule has 2 aromatic rings. The molecule has 0 heterocycles. The Bertz CT molecular complexity index is 1090. The van der Waals surface area contributed by atoms with E-state index >= 15 is 0 Å². The summed E-state index contributed by atoms with van der Waals surface area (Å²) in [6, 6.07) is 16.3. The summed E-state index contributed by atoms with van der Waals surface area (Å²) in [5.41, 5.74) is 4.23. The van der Waals surface area contributed by atoms with Gasteiger partial charge in [-0.05, 0) is 53.9 Å². The lowest BCUT2D eigenvalue weighted by atomic mass is 9.98. The fraction of sp³-hybridized carbons (Fsp3) is 0.444. The van der Waals surface area contributed by atoms with E-state index < -0.39 is 23.4 Å². The van der Waals surface area contributed by atoms with E-state index in [-0.39, 0.29) is 36.9 Å². The van der Waals surface area contributed by atoms with Crippen LogP contribution in [-0.4, -0.2) is 42.3 Å². The Hall–Kier alpha value is -3.35. The van der Waals surface area contributed by atoms with Gasteiger partial charge in [-0.1, -0.05) is 55.5 Å². The first-order chi connectivity index (χ1) is 16.4. The molecular formula is C27H30N2O5. The van der Waals surface area contributed by atoms with Gasteiger partial charge in [-0.15, -0.1) is 0 Å². The molecule has 2 amide bonds. The van der Waals surface area contributed by atoms with Crippen molar-refractivity contribution in [3.8, 4) is 11.1 Å². The van der Waals surface area contributed by atoms with Gasteiger partial charge in [0.1, 0.15) is 6.61 Å². The third-order valence-corrected chi connectivity index (χ3v) is 7.88. The Morgan fingerprint density at radius 2 is 1.71 bits per heavy atom. The van der Waals surface area contributed by atoms with E-state index in [2.05, 4.69) is 34.9 Å². The second-order valence-corrected chi connectivity index (χ2v) is 9.82. The maximum absolute atomic E-state index is 12.8. The molecule has 34 heavy (non-hydrogen) atoms. The molecule has 4 atom stereocenters. The molecule has 4 unspecified atom stereocenters. The van der Waals surface area contributed by atoms with Crippen molar-refractivity contribution in [2.45, 2.75) is 44.6 Å². The van der Waals surface area contributed by atoms with Crippen LogP contribution in [0.2, 0.25) is 0 Å². The highest BCUT2D eigenvalue weighted by Gasteiger charge is 2.65. The standard InChI is InChI=1S/C27H30N2O5/c1-2-16(24(30)31)14-28-25(32)27-12-17(27)11-18(13-27)29-26(33)34-15-23-21-9-5-3-7-19(21)20-8-4-6-10-22(20)23/h3-10,16-18,23H,2,11-15H2,1H3,(H,28,32)(H,29,33)(H,30,31). The lowest BCUT2D eigenvalue weighted by Crippen LogP contribution is -2.40. The van der Waals surface area contributed by atoms with Gasteiger partial charge in [0.15, 0.2) is 0 Å². The Balaban J connectivity index is 1.14. The van der Waals surface area contributed by atoms with Crippen molar-refractivity contribution in [1.82, 2.24) is 10.6 Å². The Kier molecular flexibility index (Phi) is 5.80. The molecule has 2 saturated carbocycles. The van der Waals surface area contributed by atoms with Crippen molar-refractivity contribution < 1.29 is 24.2 Å². The minimum absolute atomic E-state index is 0.00741. The molecule has 178 valence electrons. The minimum atomic E-state index is -0.895. The number of aliphatic carboxylic acids is 1. The van der Waals surface area contributed by atoms with Gasteiger partial charge < -0.3 is 20.5 Å². The SMILES string of the molecule is CCC(CNC(=O)C12CC(NC(=O)OCC3c4ccccc4-c4ccccc43)CC1C2)C(=O)O. The number of amides is 2. The first-order valence-corrected chi connectivity index (χ1v) is 12.1. The minimum Gasteiger partial charge on any atom is -0.481 e. The first-order valence-electron chi connectivity index (χ1n) is 12.1. The normalized spacial score (nSPS) is 25.0. The number of nitrogens with one attached hydrogen (secondary N) is 2. The summed E-state index contributed by atoms with van der Waals surface area (Å²) in [7, 11) is 0. The lowest BCUT2D eigenvalue weighted by molar-refractivity contribution is -0.141. The predicted molar refractivity (Wildman–Crippen MR) is 126 cm³/mol. The molecule has 0 saturated heterocycles. The zero-order valence-electron chi connectivity index (χ0n) is 19.3. The number of fused-ring (bicyclic) bond motifs is 4. The molecule has 2 aromatic carbocycles. The second-order valence-electron chi connectivity index (χ2n) is 9.82. The maximum Gasteiger partial charge on any atom is 0.407 e. The number of alkyl carbamates (subject to hydrolysis) is 1. The third kappa shape index (κ3) is 3.93. The number of carboxylic acids is 1. The van der Waals surface area contributed by atoms with Gasteiger partial charge in [0.05, 0.1) is 11.3 Å². The Labute approximate surface area is 198 Å². The van der Waals surface area contributed by atoms with Gasteiger partial charge in [0.25, 0.3) is 0 Å². The van der Waals surface area contributed by atoms with E-state index in [0.717, 1.165) is 12.8 Å². The lowest BCUT2D eigenvalue weighted by Gasteiger charge is -2.20. The van der Waals surface area contributed by atoms with E-state index in [1.165, 1.54) is 22.3 Å². The highest BCUT2D eigenvalue weighted by molar-refractivity contribution is 5.87. The van der Waals surface area contributed by atoms with Gasteiger partial charge >= 0.3 is 12.1 Å². The van der Waals surface area contributed by atoms with Crippen LogP contribution >= 0.6 is 0 Å². The van der Waals surface area contributed by atoms with Gasteiger partial charge in [-0.3, -0.25) is 9.59 Å². The molecule has 0 bridgehead atoms. The van der Waals surface area contributed by atoms with Crippen LogP contribution in [-0.2, 0) is 14.3 Å². The largest absolute Gasteiger partial charge is 0.481 e. The molecular weight excluding hydrogens is 432 g/mol. The van der Waals surface area contributed by atoms with E-state index in [9.17, 15) is 19.5 Å². The van der Waals surface area contributed by atoms with Crippen LogP contribution in [0.3, 0.4) is 0 Å². The molecule has 3 aliphatic rings. The summed E-state index contributed by atoms with van der Waals surface area (Å²) >= 11 is 0. The number of benzene rings is 2. The topological polar surface area (TPSA) is 105 Å². The zero-order chi connectivity index (χ0) is 23.9. The third-order valence-electron chi connectivity index (χ3n) is 7.88. The van der Waals surface area contributed by atoms with Crippen molar-refractivity contribution in [2.24, 2.45) is 17.3 Å². The highest BCUT2D eigenvalue weighted by Crippen LogP contribution is 2.63. The van der Waals surface area contributed by atoms with Gasteiger partial charge in [0, 0.05) is 18.5 Å². The molecule has 5 rings (SSSR count). The molecule has 3 aliphatic carbocycles. The number of carboxylic acid groups (broad SMARTS) is 1. The van der Waals surface area contributed by atoms with Crippen molar-refractivity contribution in [3.63, 3.8) is 0 Å². The average Bonchev–Trinajstić information content (AvgIpc) is 3.26. The number of carbonyl (C=O) groups is 3. The van der Waals surface area contributed by atoms with Crippen LogP contribution in [0.4, 0.5) is 4.79 Å². The monoisotopic (exact) mass is 462 g/mol. The summed E-state index contributed by atoms with van der Waals surface area (Å²) < 4.78 is 5.65. The second kappa shape index (κ2) is 8.78. The number of hydrogen-bond donors (Lipinski definition) is 3. The number of hydrogen-bond acceptors (Lipinski definition) is 4.